The van der Waals surface area contributed by atoms with Crippen molar-refractivity contribution >= 4 is 16.9 Å². The fourth-order valence-electron chi connectivity index (χ4n) is 3.01. The number of nitrogens with one attached hydrogen (secondary N) is 1. The fraction of sp³-hybridized carbons (Fsp3) is 0.0909. The Balaban J connectivity index is 1.67. The van der Waals surface area contributed by atoms with Gasteiger partial charge < -0.3 is 14.5 Å². The summed E-state index contributed by atoms with van der Waals surface area (Å²) >= 11 is 0. The lowest BCUT2D eigenvalue weighted by molar-refractivity contribution is 0.0364. The van der Waals surface area contributed by atoms with Crippen LogP contribution in [0.25, 0.3) is 10.9 Å². The summed E-state index contributed by atoms with van der Waals surface area (Å²) in [5.74, 6) is -0.289. The number of esters is 1. The smallest absolute Gasteiger partial charge is 0.355 e. The van der Waals surface area contributed by atoms with Crippen LogP contribution < -0.4 is 4.74 Å². The highest BCUT2D eigenvalue weighted by atomic mass is 19.1. The van der Waals surface area contributed by atoms with Crippen molar-refractivity contribution < 1.29 is 18.7 Å². The number of aromatic nitrogens is 2. The van der Waals surface area contributed by atoms with Gasteiger partial charge in [0.2, 0.25) is 0 Å². The standard InChI is InChI=1S/C22H17FN2O3/c1-27-17-9-8-14-12-20(25-19(14)13-17)22(26)28-21(18-7-2-3-10-24-18)15-5-4-6-16(23)11-15/h2-13,21,25H,1H3. The van der Waals surface area contributed by atoms with E-state index in [9.17, 15) is 9.18 Å². The van der Waals surface area contributed by atoms with Crippen LogP contribution >= 0.6 is 0 Å². The highest BCUT2D eigenvalue weighted by molar-refractivity contribution is 5.95. The Kier molecular flexibility index (Phi) is 4.76. The lowest BCUT2D eigenvalue weighted by atomic mass is 10.1. The molecule has 0 aliphatic rings. The number of carbonyl (C=O) groups is 1. The maximum absolute atomic E-state index is 13.7. The maximum atomic E-state index is 13.7. The Morgan fingerprint density at radius 2 is 1.96 bits per heavy atom. The maximum Gasteiger partial charge on any atom is 0.355 e. The quantitative estimate of drug-likeness (QED) is 0.515. The summed E-state index contributed by atoms with van der Waals surface area (Å²) in [6, 6.07) is 18.4. The second kappa shape index (κ2) is 7.52. The molecular formula is C22H17FN2O3. The van der Waals surface area contributed by atoms with Gasteiger partial charge in [-0.2, -0.15) is 0 Å². The van der Waals surface area contributed by atoms with Gasteiger partial charge in [-0.25, -0.2) is 9.18 Å². The number of hydrogen-bond donors (Lipinski definition) is 1. The zero-order valence-corrected chi connectivity index (χ0v) is 15.1. The zero-order chi connectivity index (χ0) is 19.5. The number of aromatic amines is 1. The average molecular weight is 376 g/mol. The molecule has 1 unspecified atom stereocenters. The Labute approximate surface area is 160 Å². The molecule has 0 saturated heterocycles. The van der Waals surface area contributed by atoms with E-state index in [1.807, 2.05) is 12.1 Å². The molecule has 2 aromatic heterocycles. The molecule has 1 atom stereocenters. The van der Waals surface area contributed by atoms with Crippen molar-refractivity contribution in [2.24, 2.45) is 0 Å². The molecule has 0 spiro atoms. The molecule has 0 bridgehead atoms. The number of hydrogen-bond acceptors (Lipinski definition) is 4. The van der Waals surface area contributed by atoms with Gasteiger partial charge in [-0.05, 0) is 42.5 Å². The highest BCUT2D eigenvalue weighted by Crippen LogP contribution is 2.27. The molecule has 28 heavy (non-hydrogen) atoms. The predicted molar refractivity (Wildman–Crippen MR) is 103 cm³/mol. The van der Waals surface area contributed by atoms with Gasteiger partial charge in [0.1, 0.15) is 17.3 Å². The van der Waals surface area contributed by atoms with Crippen molar-refractivity contribution in [2.45, 2.75) is 6.10 Å². The number of halogens is 1. The molecule has 0 saturated carbocycles. The number of rotatable bonds is 5. The van der Waals surface area contributed by atoms with Crippen LogP contribution in [0.15, 0.2) is 72.9 Å². The zero-order valence-electron chi connectivity index (χ0n) is 15.1. The summed E-state index contributed by atoms with van der Waals surface area (Å²) in [6.45, 7) is 0. The third-order valence-corrected chi connectivity index (χ3v) is 4.38. The van der Waals surface area contributed by atoms with Gasteiger partial charge in [0.15, 0.2) is 6.10 Å². The van der Waals surface area contributed by atoms with Gasteiger partial charge in [-0.3, -0.25) is 4.98 Å². The summed E-state index contributed by atoms with van der Waals surface area (Å²) < 4.78 is 24.7. The molecule has 5 nitrogen and oxygen atoms in total. The number of benzene rings is 2. The van der Waals surface area contributed by atoms with Crippen molar-refractivity contribution in [3.8, 4) is 5.75 Å². The molecule has 0 aliphatic heterocycles. The van der Waals surface area contributed by atoms with Crippen molar-refractivity contribution in [2.75, 3.05) is 7.11 Å². The normalized spacial score (nSPS) is 11.9. The van der Waals surface area contributed by atoms with Gasteiger partial charge in [0.05, 0.1) is 12.8 Å². The molecule has 1 N–H and O–H groups in total. The number of carbonyl (C=O) groups excluding carboxylic acids is 1. The molecule has 0 amide bonds. The molecule has 0 fully saturated rings. The van der Waals surface area contributed by atoms with Crippen LogP contribution in [0.5, 0.6) is 5.75 Å². The monoisotopic (exact) mass is 376 g/mol. The number of pyridine rings is 1. The van der Waals surface area contributed by atoms with E-state index >= 15 is 0 Å². The Hall–Kier alpha value is -3.67. The summed E-state index contributed by atoms with van der Waals surface area (Å²) in [4.78, 5) is 20.1. The Morgan fingerprint density at radius 3 is 2.71 bits per heavy atom. The molecular weight excluding hydrogens is 359 g/mol. The van der Waals surface area contributed by atoms with Gasteiger partial charge in [-0.1, -0.05) is 18.2 Å². The van der Waals surface area contributed by atoms with Gasteiger partial charge in [0.25, 0.3) is 0 Å². The highest BCUT2D eigenvalue weighted by Gasteiger charge is 2.23. The average Bonchev–Trinajstić information content (AvgIpc) is 3.16. The second-order valence-corrected chi connectivity index (χ2v) is 6.23. The summed E-state index contributed by atoms with van der Waals surface area (Å²) in [7, 11) is 1.58. The lowest BCUT2D eigenvalue weighted by Gasteiger charge is -2.17. The number of fused-ring (bicyclic) bond motifs is 1. The molecule has 2 heterocycles. The van der Waals surface area contributed by atoms with E-state index in [-0.39, 0.29) is 0 Å². The minimum atomic E-state index is -0.828. The number of H-pyrrole nitrogens is 1. The number of methoxy groups -OCH3 is 1. The van der Waals surface area contributed by atoms with Crippen LogP contribution in [-0.4, -0.2) is 23.0 Å². The first-order valence-electron chi connectivity index (χ1n) is 8.68. The number of nitrogens with zero attached hydrogens (tertiary/aromatic N) is 1. The van der Waals surface area contributed by atoms with E-state index in [0.717, 1.165) is 10.9 Å². The largest absolute Gasteiger partial charge is 0.497 e. The van der Waals surface area contributed by atoms with Gasteiger partial charge in [-0.15, -0.1) is 0 Å². The first-order valence-corrected chi connectivity index (χ1v) is 8.68. The second-order valence-electron chi connectivity index (χ2n) is 6.23. The molecule has 0 aliphatic carbocycles. The van der Waals surface area contributed by atoms with Crippen molar-refractivity contribution in [3.63, 3.8) is 0 Å². The Morgan fingerprint density at radius 1 is 1.07 bits per heavy atom. The third-order valence-electron chi connectivity index (χ3n) is 4.38. The van der Waals surface area contributed by atoms with E-state index in [0.29, 0.717) is 22.7 Å². The van der Waals surface area contributed by atoms with Crippen molar-refractivity contribution in [1.29, 1.82) is 0 Å². The van der Waals surface area contributed by atoms with E-state index in [1.165, 1.54) is 12.1 Å². The van der Waals surface area contributed by atoms with E-state index < -0.39 is 17.9 Å². The first-order chi connectivity index (χ1) is 13.6. The van der Waals surface area contributed by atoms with Crippen LogP contribution in [0.4, 0.5) is 4.39 Å². The van der Waals surface area contributed by atoms with Crippen LogP contribution in [0.1, 0.15) is 27.8 Å². The van der Waals surface area contributed by atoms with Crippen molar-refractivity contribution in [1.82, 2.24) is 9.97 Å². The van der Waals surface area contributed by atoms with Gasteiger partial charge in [0, 0.05) is 28.7 Å². The fourth-order valence-corrected chi connectivity index (χ4v) is 3.01. The van der Waals surface area contributed by atoms with Crippen LogP contribution in [0.3, 0.4) is 0 Å². The van der Waals surface area contributed by atoms with Gasteiger partial charge >= 0.3 is 5.97 Å². The molecule has 4 aromatic rings. The SMILES string of the molecule is COc1ccc2cc(C(=O)OC(c3cccc(F)c3)c3ccccn3)[nH]c2c1. The lowest BCUT2D eigenvalue weighted by Crippen LogP contribution is -2.14. The molecule has 2 aromatic carbocycles. The minimum Gasteiger partial charge on any atom is -0.497 e. The first kappa shape index (κ1) is 17.7. The van der Waals surface area contributed by atoms with E-state index in [2.05, 4.69) is 9.97 Å². The molecule has 0 radical (unpaired) electrons. The minimum absolute atomic E-state index is 0.292. The van der Waals surface area contributed by atoms with Crippen molar-refractivity contribution in [3.05, 3.63) is 95.7 Å². The number of ether oxygens (including phenoxy) is 2. The summed E-state index contributed by atoms with van der Waals surface area (Å²) in [5, 5.41) is 0.855. The van der Waals surface area contributed by atoms with Crippen LogP contribution in [0.2, 0.25) is 0 Å². The molecule has 140 valence electrons. The predicted octanol–water partition coefficient (Wildman–Crippen LogP) is 4.66. The third kappa shape index (κ3) is 3.57. The van der Waals surface area contributed by atoms with E-state index in [1.54, 1.807) is 55.8 Å². The summed E-state index contributed by atoms with van der Waals surface area (Å²) in [6.07, 6.45) is 0.773. The van der Waals surface area contributed by atoms with E-state index in [4.69, 9.17) is 9.47 Å². The molecule has 6 heteroatoms. The topological polar surface area (TPSA) is 64.2 Å². The Bertz CT molecular complexity index is 1130. The molecule has 4 rings (SSSR count). The van der Waals surface area contributed by atoms with Crippen LogP contribution in [-0.2, 0) is 4.74 Å². The summed E-state index contributed by atoms with van der Waals surface area (Å²) in [5.41, 5.74) is 2.07. The van der Waals surface area contributed by atoms with Crippen LogP contribution in [0, 0.1) is 5.82 Å².